The Morgan fingerprint density at radius 1 is 1.32 bits per heavy atom. The predicted molar refractivity (Wildman–Crippen MR) is 94.7 cm³/mol. The topological polar surface area (TPSA) is 46.2 Å². The second-order valence-electron chi connectivity index (χ2n) is 6.62. The SMILES string of the molecule is C[C@H](CCc1ccc(C#CCCC2CCCCC2)s1)C(N)O. The number of nitrogens with two attached hydrogens (primary N) is 1. The van der Waals surface area contributed by atoms with Gasteiger partial charge in [0.25, 0.3) is 0 Å². The van der Waals surface area contributed by atoms with Crippen LogP contribution in [0.3, 0.4) is 0 Å². The monoisotopic (exact) mass is 319 g/mol. The molecule has 1 heterocycles. The highest BCUT2D eigenvalue weighted by Gasteiger charge is 2.12. The smallest absolute Gasteiger partial charge is 0.105 e. The van der Waals surface area contributed by atoms with Crippen molar-refractivity contribution >= 4 is 11.3 Å². The fraction of sp³-hybridized carbons (Fsp3) is 0.684. The number of rotatable bonds is 6. The molecule has 122 valence electrons. The number of aliphatic hydroxyl groups is 1. The molecular weight excluding hydrogens is 290 g/mol. The average molecular weight is 320 g/mol. The molecule has 1 aliphatic carbocycles. The lowest BCUT2D eigenvalue weighted by molar-refractivity contribution is 0.119. The van der Waals surface area contributed by atoms with Crippen LogP contribution in [0.1, 0.15) is 68.0 Å². The van der Waals surface area contributed by atoms with Gasteiger partial charge >= 0.3 is 0 Å². The standard InChI is InChI=1S/C19H29NOS/c1-15(19(20)21)11-12-18-14-13-17(22-18)10-6-5-9-16-7-3-2-4-8-16/h13-16,19,21H,2-5,7-9,11-12,20H2,1H3/t15-,19?/m1/s1. The third kappa shape index (κ3) is 6.12. The zero-order chi connectivity index (χ0) is 15.8. The molecule has 2 rings (SSSR count). The van der Waals surface area contributed by atoms with Gasteiger partial charge in [-0.05, 0) is 43.2 Å². The number of aryl methyl sites for hydroxylation is 1. The predicted octanol–water partition coefficient (Wildman–Crippen LogP) is 4.31. The largest absolute Gasteiger partial charge is 0.379 e. The summed E-state index contributed by atoms with van der Waals surface area (Å²) in [5.41, 5.74) is 5.48. The van der Waals surface area contributed by atoms with E-state index in [0.29, 0.717) is 0 Å². The molecule has 3 heteroatoms. The van der Waals surface area contributed by atoms with E-state index in [1.165, 1.54) is 48.3 Å². The quantitative estimate of drug-likeness (QED) is 0.606. The zero-order valence-corrected chi connectivity index (χ0v) is 14.5. The Hall–Kier alpha value is -0.820. The fourth-order valence-electron chi connectivity index (χ4n) is 3.02. The highest BCUT2D eigenvalue weighted by Crippen LogP contribution is 2.27. The minimum Gasteiger partial charge on any atom is -0.379 e. The molecule has 1 unspecified atom stereocenters. The van der Waals surface area contributed by atoms with E-state index < -0.39 is 6.23 Å². The molecule has 1 aromatic heterocycles. The molecule has 0 aromatic carbocycles. The lowest BCUT2D eigenvalue weighted by Gasteiger charge is -2.20. The summed E-state index contributed by atoms with van der Waals surface area (Å²) in [7, 11) is 0. The molecule has 2 nitrogen and oxygen atoms in total. The van der Waals surface area contributed by atoms with Gasteiger partial charge in [0.1, 0.15) is 6.23 Å². The van der Waals surface area contributed by atoms with Crippen molar-refractivity contribution in [3.63, 3.8) is 0 Å². The van der Waals surface area contributed by atoms with Crippen LogP contribution >= 0.6 is 11.3 Å². The Balaban J connectivity index is 1.71. The van der Waals surface area contributed by atoms with Crippen LogP contribution in [0.15, 0.2) is 12.1 Å². The highest BCUT2D eigenvalue weighted by atomic mass is 32.1. The molecule has 1 fully saturated rings. The van der Waals surface area contributed by atoms with E-state index >= 15 is 0 Å². The van der Waals surface area contributed by atoms with Crippen molar-refractivity contribution in [2.24, 2.45) is 17.6 Å². The van der Waals surface area contributed by atoms with E-state index in [1.807, 2.05) is 6.92 Å². The number of hydrogen-bond donors (Lipinski definition) is 2. The van der Waals surface area contributed by atoms with Crippen molar-refractivity contribution in [1.82, 2.24) is 0 Å². The minimum atomic E-state index is -0.709. The molecule has 1 aliphatic rings. The molecule has 0 aliphatic heterocycles. The van der Waals surface area contributed by atoms with E-state index in [-0.39, 0.29) is 5.92 Å². The van der Waals surface area contributed by atoms with Gasteiger partial charge in [-0.25, -0.2) is 0 Å². The number of thiophene rings is 1. The lowest BCUT2D eigenvalue weighted by atomic mass is 9.86. The van der Waals surface area contributed by atoms with E-state index in [2.05, 4.69) is 24.0 Å². The van der Waals surface area contributed by atoms with Crippen LogP contribution in [-0.4, -0.2) is 11.3 Å². The summed E-state index contributed by atoms with van der Waals surface area (Å²) in [6.07, 6.45) is 10.6. The van der Waals surface area contributed by atoms with Gasteiger partial charge in [-0.3, -0.25) is 0 Å². The Bertz CT molecular complexity index is 491. The van der Waals surface area contributed by atoms with Crippen LogP contribution in [0, 0.1) is 23.7 Å². The van der Waals surface area contributed by atoms with Gasteiger partial charge in [-0.1, -0.05) is 50.9 Å². The van der Waals surface area contributed by atoms with Crippen LogP contribution in [-0.2, 0) is 6.42 Å². The molecule has 0 radical (unpaired) electrons. The maximum atomic E-state index is 9.31. The molecular formula is C19H29NOS. The Kier molecular flexibility index (Phi) is 7.45. The molecule has 1 aromatic rings. The van der Waals surface area contributed by atoms with Crippen LogP contribution in [0.2, 0.25) is 0 Å². The molecule has 22 heavy (non-hydrogen) atoms. The Labute approximate surface area is 139 Å². The summed E-state index contributed by atoms with van der Waals surface area (Å²) >= 11 is 1.78. The normalized spacial score (nSPS) is 18.5. The Morgan fingerprint density at radius 3 is 2.82 bits per heavy atom. The van der Waals surface area contributed by atoms with Crippen LogP contribution in [0.5, 0.6) is 0 Å². The molecule has 0 spiro atoms. The maximum Gasteiger partial charge on any atom is 0.105 e. The van der Waals surface area contributed by atoms with Crippen LogP contribution in [0.4, 0.5) is 0 Å². The number of aliphatic hydroxyl groups excluding tert-OH is 1. The van der Waals surface area contributed by atoms with E-state index in [4.69, 9.17) is 5.73 Å². The first-order chi connectivity index (χ1) is 10.6. The van der Waals surface area contributed by atoms with Gasteiger partial charge in [0.15, 0.2) is 0 Å². The molecule has 0 amide bonds. The van der Waals surface area contributed by atoms with Crippen molar-refractivity contribution in [3.05, 3.63) is 21.9 Å². The van der Waals surface area contributed by atoms with Crippen molar-refractivity contribution in [3.8, 4) is 11.8 Å². The van der Waals surface area contributed by atoms with Gasteiger partial charge in [0.2, 0.25) is 0 Å². The van der Waals surface area contributed by atoms with E-state index in [0.717, 1.165) is 25.2 Å². The lowest BCUT2D eigenvalue weighted by Crippen LogP contribution is -2.27. The highest BCUT2D eigenvalue weighted by molar-refractivity contribution is 7.12. The summed E-state index contributed by atoms with van der Waals surface area (Å²) in [5.74, 6) is 7.72. The molecule has 2 atom stereocenters. The van der Waals surface area contributed by atoms with Gasteiger partial charge in [0.05, 0.1) is 4.88 Å². The second-order valence-corrected chi connectivity index (χ2v) is 7.79. The van der Waals surface area contributed by atoms with Crippen LogP contribution < -0.4 is 5.73 Å². The van der Waals surface area contributed by atoms with E-state index in [1.54, 1.807) is 11.3 Å². The molecule has 1 saturated carbocycles. The molecule has 3 N–H and O–H groups in total. The first-order valence-corrected chi connectivity index (χ1v) is 9.48. The van der Waals surface area contributed by atoms with Gasteiger partial charge in [0, 0.05) is 11.3 Å². The summed E-state index contributed by atoms with van der Waals surface area (Å²) in [4.78, 5) is 2.50. The average Bonchev–Trinajstić information content (AvgIpc) is 2.98. The summed E-state index contributed by atoms with van der Waals surface area (Å²) in [6, 6.07) is 4.28. The number of hydrogen-bond acceptors (Lipinski definition) is 3. The summed E-state index contributed by atoms with van der Waals surface area (Å²) in [5, 5.41) is 9.31. The van der Waals surface area contributed by atoms with Gasteiger partial charge < -0.3 is 10.8 Å². The first-order valence-electron chi connectivity index (χ1n) is 8.66. The molecule has 0 bridgehead atoms. The van der Waals surface area contributed by atoms with Crippen molar-refractivity contribution < 1.29 is 5.11 Å². The second kappa shape index (κ2) is 9.35. The zero-order valence-electron chi connectivity index (χ0n) is 13.7. The van der Waals surface area contributed by atoms with Gasteiger partial charge in [-0.15, -0.1) is 11.3 Å². The fourth-order valence-corrected chi connectivity index (χ4v) is 3.92. The third-order valence-electron chi connectivity index (χ3n) is 4.70. The summed E-state index contributed by atoms with van der Waals surface area (Å²) in [6.45, 7) is 1.99. The van der Waals surface area contributed by atoms with Crippen LogP contribution in [0.25, 0.3) is 0 Å². The van der Waals surface area contributed by atoms with Gasteiger partial charge in [-0.2, -0.15) is 0 Å². The van der Waals surface area contributed by atoms with Crippen molar-refractivity contribution in [2.75, 3.05) is 0 Å². The molecule has 0 saturated heterocycles. The van der Waals surface area contributed by atoms with E-state index in [9.17, 15) is 5.11 Å². The van der Waals surface area contributed by atoms with Crippen molar-refractivity contribution in [2.45, 2.75) is 70.9 Å². The Morgan fingerprint density at radius 2 is 2.09 bits per heavy atom. The van der Waals surface area contributed by atoms with Crippen molar-refractivity contribution in [1.29, 1.82) is 0 Å². The minimum absolute atomic E-state index is 0.145. The first kappa shape index (κ1) is 17.5. The maximum absolute atomic E-state index is 9.31. The third-order valence-corrected chi connectivity index (χ3v) is 5.77. The summed E-state index contributed by atoms with van der Waals surface area (Å²) < 4.78 is 0.